The summed E-state index contributed by atoms with van der Waals surface area (Å²) >= 11 is 2.20. The molecule has 0 radical (unpaired) electrons. The van der Waals surface area contributed by atoms with Gasteiger partial charge in [0, 0.05) is 16.3 Å². The summed E-state index contributed by atoms with van der Waals surface area (Å²) in [7, 11) is 1.56. The first-order chi connectivity index (χ1) is 10.2. The summed E-state index contributed by atoms with van der Waals surface area (Å²) in [6.07, 6.45) is -1.65. The molecule has 1 atom stereocenters. The van der Waals surface area contributed by atoms with Gasteiger partial charge in [-0.15, -0.1) is 0 Å². The Balaban J connectivity index is 2.05. The highest BCUT2D eigenvalue weighted by atomic mass is 127. The van der Waals surface area contributed by atoms with Gasteiger partial charge in [-0.2, -0.15) is 0 Å². The van der Waals surface area contributed by atoms with Crippen LogP contribution in [0.4, 0.5) is 15.3 Å². The molecule has 0 aromatic heterocycles. The largest absolute Gasteiger partial charge is 0.444 e. The van der Waals surface area contributed by atoms with Crippen LogP contribution in [0.5, 0.6) is 0 Å². The van der Waals surface area contributed by atoms with Gasteiger partial charge < -0.3 is 9.47 Å². The maximum Gasteiger partial charge on any atom is 0.416 e. The van der Waals surface area contributed by atoms with E-state index in [0.29, 0.717) is 0 Å². The molecule has 120 valence electrons. The quantitative estimate of drug-likeness (QED) is 0.691. The maximum absolute atomic E-state index is 12.0. The van der Waals surface area contributed by atoms with E-state index in [1.54, 1.807) is 27.8 Å². The lowest BCUT2D eigenvalue weighted by atomic mass is 10.2. The second-order valence-electron chi connectivity index (χ2n) is 6.02. The summed E-state index contributed by atoms with van der Waals surface area (Å²) in [6, 6.07) is 7.51. The Hall–Kier alpha value is -1.51. The van der Waals surface area contributed by atoms with Gasteiger partial charge >= 0.3 is 12.2 Å². The maximum atomic E-state index is 12.0. The van der Waals surface area contributed by atoms with Crippen LogP contribution in [0.2, 0.25) is 0 Å². The number of cyclic esters (lactones) is 1. The molecule has 1 saturated heterocycles. The van der Waals surface area contributed by atoms with Gasteiger partial charge in [0.25, 0.3) is 0 Å². The van der Waals surface area contributed by atoms with E-state index >= 15 is 0 Å². The molecule has 0 spiro atoms. The highest BCUT2D eigenvalue weighted by molar-refractivity contribution is 14.1. The summed E-state index contributed by atoms with van der Waals surface area (Å²) in [5, 5.41) is 0. The molecule has 0 unspecified atom stereocenters. The van der Waals surface area contributed by atoms with Crippen molar-refractivity contribution in [2.45, 2.75) is 32.6 Å². The fraction of sp³-hybridized carbons (Fsp3) is 0.467. The lowest BCUT2D eigenvalue weighted by Crippen LogP contribution is -2.42. The molecule has 1 fully saturated rings. The molecule has 6 nitrogen and oxygen atoms in total. The van der Waals surface area contributed by atoms with Crippen molar-refractivity contribution in [1.82, 2.24) is 4.90 Å². The molecule has 1 aliphatic heterocycles. The summed E-state index contributed by atoms with van der Waals surface area (Å²) in [6.45, 7) is 5.64. The van der Waals surface area contributed by atoms with Gasteiger partial charge in [-0.25, -0.2) is 9.59 Å². The monoisotopic (exact) mass is 418 g/mol. The van der Waals surface area contributed by atoms with E-state index in [-0.39, 0.29) is 6.54 Å². The number of hydrogen-bond acceptors (Lipinski definition) is 4. The second-order valence-corrected chi connectivity index (χ2v) is 7.26. The molecule has 2 amide bonds. The SMILES string of the molecule is CN(C(=O)OC(C)(C)C)[C@@H]1CN(c2ccc(I)cc2)C(=O)O1. The van der Waals surface area contributed by atoms with Gasteiger partial charge in [0.1, 0.15) is 5.60 Å². The zero-order chi connectivity index (χ0) is 16.5. The van der Waals surface area contributed by atoms with Crippen LogP contribution in [0.1, 0.15) is 20.8 Å². The third kappa shape index (κ3) is 4.02. The number of ether oxygens (including phenoxy) is 2. The molecule has 1 aliphatic rings. The summed E-state index contributed by atoms with van der Waals surface area (Å²) in [5.74, 6) is 0. The van der Waals surface area contributed by atoms with Crippen LogP contribution in [-0.4, -0.2) is 42.5 Å². The zero-order valence-corrected chi connectivity index (χ0v) is 15.2. The van der Waals surface area contributed by atoms with Crippen molar-refractivity contribution >= 4 is 40.5 Å². The van der Waals surface area contributed by atoms with E-state index in [1.165, 1.54) is 9.80 Å². The number of carbonyl (C=O) groups excluding carboxylic acids is 2. The third-order valence-electron chi connectivity index (χ3n) is 3.05. The normalized spacial score (nSPS) is 18.1. The number of hydrogen-bond donors (Lipinski definition) is 0. The molecule has 1 heterocycles. The number of carbonyl (C=O) groups is 2. The van der Waals surface area contributed by atoms with E-state index in [9.17, 15) is 9.59 Å². The minimum absolute atomic E-state index is 0.273. The fourth-order valence-electron chi connectivity index (χ4n) is 1.93. The molecule has 1 aromatic rings. The van der Waals surface area contributed by atoms with Gasteiger partial charge in [0.2, 0.25) is 0 Å². The van der Waals surface area contributed by atoms with E-state index in [4.69, 9.17) is 9.47 Å². The minimum Gasteiger partial charge on any atom is -0.444 e. The molecule has 22 heavy (non-hydrogen) atoms. The zero-order valence-electron chi connectivity index (χ0n) is 13.0. The van der Waals surface area contributed by atoms with Crippen LogP contribution in [0.15, 0.2) is 24.3 Å². The third-order valence-corrected chi connectivity index (χ3v) is 3.77. The van der Waals surface area contributed by atoms with Gasteiger partial charge in [-0.3, -0.25) is 9.80 Å². The van der Waals surface area contributed by atoms with E-state index in [1.807, 2.05) is 24.3 Å². The van der Waals surface area contributed by atoms with Crippen molar-refractivity contribution < 1.29 is 19.1 Å². The first-order valence-electron chi connectivity index (χ1n) is 6.87. The summed E-state index contributed by atoms with van der Waals surface area (Å²) in [4.78, 5) is 26.8. The second kappa shape index (κ2) is 6.31. The van der Waals surface area contributed by atoms with Crippen LogP contribution in [-0.2, 0) is 9.47 Å². The van der Waals surface area contributed by atoms with Crippen molar-refractivity contribution in [3.63, 3.8) is 0 Å². The first-order valence-corrected chi connectivity index (χ1v) is 7.95. The number of likely N-dealkylation sites (N-methyl/N-ethyl adjacent to an activating group) is 1. The Kier molecular flexibility index (Phi) is 4.84. The molecule has 1 aromatic carbocycles. The topological polar surface area (TPSA) is 59.1 Å². The van der Waals surface area contributed by atoms with Gasteiger partial charge in [-0.1, -0.05) is 0 Å². The summed E-state index contributed by atoms with van der Waals surface area (Å²) < 4.78 is 11.6. The number of benzene rings is 1. The van der Waals surface area contributed by atoms with Crippen LogP contribution in [0, 0.1) is 3.57 Å². The van der Waals surface area contributed by atoms with Crippen molar-refractivity contribution in [3.05, 3.63) is 27.8 Å². The highest BCUT2D eigenvalue weighted by Gasteiger charge is 2.37. The van der Waals surface area contributed by atoms with E-state index in [0.717, 1.165) is 9.26 Å². The van der Waals surface area contributed by atoms with Crippen molar-refractivity contribution in [3.8, 4) is 0 Å². The number of rotatable bonds is 2. The Labute approximate surface area is 143 Å². The van der Waals surface area contributed by atoms with E-state index in [2.05, 4.69) is 22.6 Å². The average molecular weight is 418 g/mol. The van der Waals surface area contributed by atoms with Crippen molar-refractivity contribution in [1.29, 1.82) is 0 Å². The molecule has 0 N–H and O–H groups in total. The lowest BCUT2D eigenvalue weighted by Gasteiger charge is -2.27. The smallest absolute Gasteiger partial charge is 0.416 e. The molecule has 0 aliphatic carbocycles. The predicted molar refractivity (Wildman–Crippen MR) is 90.8 cm³/mol. The van der Waals surface area contributed by atoms with Gasteiger partial charge in [0.05, 0.1) is 6.54 Å². The molecule has 2 rings (SSSR count). The number of halogens is 1. The van der Waals surface area contributed by atoms with Crippen LogP contribution >= 0.6 is 22.6 Å². The van der Waals surface area contributed by atoms with Crippen LogP contribution in [0.25, 0.3) is 0 Å². The van der Waals surface area contributed by atoms with Crippen molar-refractivity contribution in [2.24, 2.45) is 0 Å². The van der Waals surface area contributed by atoms with Gasteiger partial charge in [-0.05, 0) is 67.6 Å². The van der Waals surface area contributed by atoms with Crippen LogP contribution in [0.3, 0.4) is 0 Å². The van der Waals surface area contributed by atoms with Gasteiger partial charge in [0.15, 0.2) is 6.23 Å². The molecular weight excluding hydrogens is 399 g/mol. The molecular formula is C15H19IN2O4. The lowest BCUT2D eigenvalue weighted by molar-refractivity contribution is -0.00991. The fourth-order valence-corrected chi connectivity index (χ4v) is 2.29. The Morgan fingerprint density at radius 2 is 1.95 bits per heavy atom. The molecule has 7 heteroatoms. The Morgan fingerprint density at radius 1 is 1.36 bits per heavy atom. The van der Waals surface area contributed by atoms with Crippen molar-refractivity contribution in [2.75, 3.05) is 18.5 Å². The van der Waals surface area contributed by atoms with E-state index < -0.39 is 24.0 Å². The number of amides is 2. The Morgan fingerprint density at radius 3 is 2.50 bits per heavy atom. The summed E-state index contributed by atoms with van der Waals surface area (Å²) in [5.41, 5.74) is 0.148. The Bertz CT molecular complexity index is 568. The standard InChI is InChI=1S/C15H19IN2O4/c1-15(2,3)22-13(19)17(4)12-9-18(14(20)21-12)11-7-5-10(16)6-8-11/h5-8,12H,9H2,1-4H3/t12-/m0/s1. The van der Waals surface area contributed by atoms with Crippen LogP contribution < -0.4 is 4.90 Å². The number of anilines is 1. The minimum atomic E-state index is -0.665. The highest BCUT2D eigenvalue weighted by Crippen LogP contribution is 2.24. The average Bonchev–Trinajstić information content (AvgIpc) is 2.79. The predicted octanol–water partition coefficient (Wildman–Crippen LogP) is 3.44. The first kappa shape index (κ1) is 16.9. The molecule has 0 bridgehead atoms. The number of nitrogens with zero attached hydrogens (tertiary/aromatic N) is 2. The molecule has 0 saturated carbocycles.